The first-order valence-electron chi connectivity index (χ1n) is 7.22. The van der Waals surface area contributed by atoms with Crippen LogP contribution in [-0.2, 0) is 4.74 Å². The fourth-order valence-electron chi connectivity index (χ4n) is 2.93. The van der Waals surface area contributed by atoms with Gasteiger partial charge in [0.1, 0.15) is 11.3 Å². The van der Waals surface area contributed by atoms with E-state index < -0.39 is 0 Å². The monoisotopic (exact) mass is 293 g/mol. The lowest BCUT2D eigenvalue weighted by Gasteiger charge is -2.36. The van der Waals surface area contributed by atoms with Crippen LogP contribution in [0.15, 0.2) is 28.7 Å². The number of furan rings is 1. The molecule has 108 valence electrons. The minimum Gasteiger partial charge on any atom is -0.459 e. The highest BCUT2D eigenvalue weighted by Gasteiger charge is 2.31. The van der Waals surface area contributed by atoms with Crippen LogP contribution in [-0.4, -0.2) is 12.7 Å². The molecule has 0 aliphatic heterocycles. The Morgan fingerprint density at radius 1 is 1.40 bits per heavy atom. The maximum atomic E-state index is 6.26. The van der Waals surface area contributed by atoms with Gasteiger partial charge in [0.05, 0.1) is 12.1 Å². The molecule has 3 rings (SSSR count). The van der Waals surface area contributed by atoms with E-state index in [1.54, 1.807) is 0 Å². The number of nitrogens with two attached hydrogens (primary N) is 1. The highest BCUT2D eigenvalue weighted by molar-refractivity contribution is 6.31. The molecule has 1 heterocycles. The van der Waals surface area contributed by atoms with E-state index in [1.807, 2.05) is 31.2 Å². The molecule has 0 bridgehead atoms. The molecule has 1 aliphatic carbocycles. The molecule has 1 aromatic heterocycles. The van der Waals surface area contributed by atoms with E-state index in [1.165, 1.54) is 0 Å². The second kappa shape index (κ2) is 5.76. The highest BCUT2D eigenvalue weighted by atomic mass is 35.5. The van der Waals surface area contributed by atoms with E-state index in [-0.39, 0.29) is 6.04 Å². The van der Waals surface area contributed by atoms with Crippen molar-refractivity contribution in [1.29, 1.82) is 0 Å². The van der Waals surface area contributed by atoms with E-state index >= 15 is 0 Å². The molecule has 2 N–H and O–H groups in total. The standard InChI is InChI=1S/C16H20ClNO2/c1-2-19-13-5-10(6-13)7-14(18)16-9-11-8-12(17)3-4-15(11)20-16/h3-4,8-10,13-14H,2,5-7,18H2,1H3. The molecule has 0 saturated heterocycles. The number of hydrogen-bond donors (Lipinski definition) is 1. The largest absolute Gasteiger partial charge is 0.459 e. The second-order valence-electron chi connectivity index (χ2n) is 5.59. The summed E-state index contributed by atoms with van der Waals surface area (Å²) >= 11 is 5.98. The van der Waals surface area contributed by atoms with Crippen LogP contribution in [0.1, 0.15) is 38.0 Å². The lowest BCUT2D eigenvalue weighted by atomic mass is 9.78. The smallest absolute Gasteiger partial charge is 0.134 e. The van der Waals surface area contributed by atoms with Gasteiger partial charge in [-0.2, -0.15) is 0 Å². The van der Waals surface area contributed by atoms with Crippen molar-refractivity contribution < 1.29 is 9.15 Å². The van der Waals surface area contributed by atoms with Crippen molar-refractivity contribution in [2.24, 2.45) is 11.7 Å². The van der Waals surface area contributed by atoms with Crippen molar-refractivity contribution >= 4 is 22.6 Å². The number of halogens is 1. The van der Waals surface area contributed by atoms with Crippen LogP contribution < -0.4 is 5.73 Å². The third-order valence-electron chi connectivity index (χ3n) is 4.04. The molecule has 0 radical (unpaired) electrons. The molecule has 1 saturated carbocycles. The molecule has 2 aromatic rings. The Kier molecular flexibility index (Phi) is 4.01. The van der Waals surface area contributed by atoms with Gasteiger partial charge < -0.3 is 14.9 Å². The summed E-state index contributed by atoms with van der Waals surface area (Å²) in [6.45, 7) is 2.84. The lowest BCUT2D eigenvalue weighted by Crippen LogP contribution is -2.33. The number of benzene rings is 1. The third-order valence-corrected chi connectivity index (χ3v) is 4.28. The van der Waals surface area contributed by atoms with Gasteiger partial charge in [0.2, 0.25) is 0 Å². The molecule has 1 aliphatic rings. The van der Waals surface area contributed by atoms with Gasteiger partial charge in [-0.1, -0.05) is 11.6 Å². The predicted octanol–water partition coefficient (Wildman–Crippen LogP) is 4.29. The molecule has 4 heteroatoms. The van der Waals surface area contributed by atoms with E-state index in [0.717, 1.165) is 47.6 Å². The zero-order valence-electron chi connectivity index (χ0n) is 11.6. The minimum absolute atomic E-state index is 0.0475. The fourth-order valence-corrected chi connectivity index (χ4v) is 3.11. The van der Waals surface area contributed by atoms with Crippen LogP contribution in [0.5, 0.6) is 0 Å². The Morgan fingerprint density at radius 2 is 2.20 bits per heavy atom. The summed E-state index contributed by atoms with van der Waals surface area (Å²) in [7, 11) is 0. The van der Waals surface area contributed by atoms with Crippen LogP contribution in [0, 0.1) is 5.92 Å². The summed E-state index contributed by atoms with van der Waals surface area (Å²) < 4.78 is 11.4. The molecular formula is C16H20ClNO2. The van der Waals surface area contributed by atoms with Gasteiger partial charge in [-0.3, -0.25) is 0 Å². The van der Waals surface area contributed by atoms with Gasteiger partial charge in [-0.25, -0.2) is 0 Å². The van der Waals surface area contributed by atoms with Crippen molar-refractivity contribution in [3.63, 3.8) is 0 Å². The Balaban J connectivity index is 1.63. The average molecular weight is 294 g/mol. The molecule has 20 heavy (non-hydrogen) atoms. The molecular weight excluding hydrogens is 274 g/mol. The van der Waals surface area contributed by atoms with Gasteiger partial charge in [-0.05, 0) is 56.4 Å². The number of rotatable bonds is 5. The van der Waals surface area contributed by atoms with Gasteiger partial charge >= 0.3 is 0 Å². The van der Waals surface area contributed by atoms with Gasteiger partial charge in [-0.15, -0.1) is 0 Å². The zero-order chi connectivity index (χ0) is 14.1. The van der Waals surface area contributed by atoms with Gasteiger partial charge in [0, 0.05) is 17.0 Å². The van der Waals surface area contributed by atoms with E-state index in [0.29, 0.717) is 12.0 Å². The number of hydrogen-bond acceptors (Lipinski definition) is 3. The van der Waals surface area contributed by atoms with Gasteiger partial charge in [0.25, 0.3) is 0 Å². The maximum Gasteiger partial charge on any atom is 0.134 e. The lowest BCUT2D eigenvalue weighted by molar-refractivity contribution is -0.0286. The predicted molar refractivity (Wildman–Crippen MR) is 80.9 cm³/mol. The first-order valence-corrected chi connectivity index (χ1v) is 7.59. The summed E-state index contributed by atoms with van der Waals surface area (Å²) in [6.07, 6.45) is 3.63. The number of fused-ring (bicyclic) bond motifs is 1. The van der Waals surface area contributed by atoms with E-state index in [4.69, 9.17) is 26.5 Å². The fraction of sp³-hybridized carbons (Fsp3) is 0.500. The molecule has 1 unspecified atom stereocenters. The Bertz CT molecular complexity index is 589. The molecule has 1 atom stereocenters. The van der Waals surface area contributed by atoms with Crippen LogP contribution >= 0.6 is 11.6 Å². The Hall–Kier alpha value is -1.03. The summed E-state index contributed by atoms with van der Waals surface area (Å²) in [5.74, 6) is 1.50. The van der Waals surface area contributed by atoms with Crippen molar-refractivity contribution in [1.82, 2.24) is 0 Å². The zero-order valence-corrected chi connectivity index (χ0v) is 12.4. The van der Waals surface area contributed by atoms with Crippen molar-refractivity contribution in [2.75, 3.05) is 6.61 Å². The first kappa shape index (κ1) is 13.9. The quantitative estimate of drug-likeness (QED) is 0.894. The molecule has 0 spiro atoms. The highest BCUT2D eigenvalue weighted by Crippen LogP contribution is 2.37. The second-order valence-corrected chi connectivity index (χ2v) is 6.02. The van der Waals surface area contributed by atoms with Crippen LogP contribution in [0.25, 0.3) is 11.0 Å². The molecule has 0 amide bonds. The van der Waals surface area contributed by atoms with E-state index in [2.05, 4.69) is 0 Å². The number of ether oxygens (including phenoxy) is 1. The van der Waals surface area contributed by atoms with Crippen molar-refractivity contribution in [2.45, 2.75) is 38.3 Å². The molecule has 1 aromatic carbocycles. The molecule has 1 fully saturated rings. The average Bonchev–Trinajstić information content (AvgIpc) is 2.79. The summed E-state index contributed by atoms with van der Waals surface area (Å²) in [6, 6.07) is 7.59. The van der Waals surface area contributed by atoms with Crippen LogP contribution in [0.2, 0.25) is 5.02 Å². The van der Waals surface area contributed by atoms with E-state index in [9.17, 15) is 0 Å². The Labute approximate surface area is 124 Å². The third kappa shape index (κ3) is 2.85. The van der Waals surface area contributed by atoms with Crippen LogP contribution in [0.4, 0.5) is 0 Å². The van der Waals surface area contributed by atoms with Crippen molar-refractivity contribution in [3.8, 4) is 0 Å². The van der Waals surface area contributed by atoms with Gasteiger partial charge in [0.15, 0.2) is 0 Å². The van der Waals surface area contributed by atoms with Crippen LogP contribution in [0.3, 0.4) is 0 Å². The summed E-state index contributed by atoms with van der Waals surface area (Å²) in [4.78, 5) is 0. The SMILES string of the molecule is CCOC1CC(CC(N)c2cc3cc(Cl)ccc3o2)C1. The summed E-state index contributed by atoms with van der Waals surface area (Å²) in [5, 5.41) is 1.74. The summed E-state index contributed by atoms with van der Waals surface area (Å²) in [5.41, 5.74) is 7.11. The normalized spacial score (nSPS) is 23.8. The maximum absolute atomic E-state index is 6.26. The first-order chi connectivity index (χ1) is 9.65. The molecule has 3 nitrogen and oxygen atoms in total. The minimum atomic E-state index is -0.0475. The topological polar surface area (TPSA) is 48.4 Å². The Morgan fingerprint density at radius 3 is 2.95 bits per heavy atom. The van der Waals surface area contributed by atoms with Crippen molar-refractivity contribution in [3.05, 3.63) is 35.0 Å².